The van der Waals surface area contributed by atoms with Crippen molar-refractivity contribution in [2.24, 2.45) is 0 Å². The third-order valence-electron chi connectivity index (χ3n) is 1.49. The highest BCUT2D eigenvalue weighted by Crippen LogP contribution is 2.03. The molecule has 0 aliphatic carbocycles. The number of hydrogen-bond acceptors (Lipinski definition) is 3. The van der Waals surface area contributed by atoms with E-state index in [-0.39, 0.29) is 0 Å². The zero-order valence-electron chi connectivity index (χ0n) is 6.11. The summed E-state index contributed by atoms with van der Waals surface area (Å²) in [6.45, 7) is 0. The molecule has 0 atom stereocenters. The number of aromatic amines is 2. The average Bonchev–Trinajstić information content (AvgIpc) is 2.77. The molecular weight excluding hydrogens is 172 g/mol. The minimum atomic E-state index is 0.699. The first kappa shape index (κ1) is 7.17. The minimum absolute atomic E-state index is 0.699. The summed E-state index contributed by atoms with van der Waals surface area (Å²) in [6.07, 6.45) is 6.56. The fourth-order valence-corrected chi connectivity index (χ4v) is 1.13. The Labute approximate surface area is 74.1 Å². The maximum absolute atomic E-state index is 5.15. The predicted octanol–water partition coefficient (Wildman–Crippen LogP) is 0.899. The van der Waals surface area contributed by atoms with Crippen LogP contribution in [0.2, 0.25) is 0 Å². The van der Waals surface area contributed by atoms with Crippen LogP contribution in [0, 0.1) is 0 Å². The number of nitrogens with one attached hydrogen (secondary N) is 2. The molecule has 60 valence electrons. The number of aromatic nitrogens is 4. The lowest BCUT2D eigenvalue weighted by atomic mass is 10.3. The van der Waals surface area contributed by atoms with Crippen LogP contribution >= 0.6 is 12.2 Å². The number of hydrogen-bond donors (Lipinski definition) is 2. The van der Waals surface area contributed by atoms with E-state index in [0.717, 1.165) is 11.4 Å². The second-order valence-corrected chi connectivity index (χ2v) is 2.67. The first-order valence-corrected chi connectivity index (χ1v) is 3.80. The Morgan fingerprint density at radius 1 is 1.08 bits per heavy atom. The molecule has 0 saturated heterocycles. The molecule has 2 rings (SSSR count). The minimum Gasteiger partial charge on any atom is -0.344 e. The topological polar surface area (TPSA) is 57.4 Å². The molecule has 2 aromatic heterocycles. The molecule has 0 saturated carbocycles. The molecule has 0 spiro atoms. The molecule has 2 N–H and O–H groups in total. The van der Waals surface area contributed by atoms with E-state index in [1.165, 1.54) is 0 Å². The van der Waals surface area contributed by atoms with Crippen LogP contribution in [-0.4, -0.2) is 24.8 Å². The van der Waals surface area contributed by atoms with Crippen LogP contribution in [0.25, 0.3) is 0 Å². The third kappa shape index (κ3) is 1.14. The van der Waals surface area contributed by atoms with E-state index in [1.807, 2.05) is 0 Å². The maximum Gasteiger partial charge on any atom is 0.0924 e. The highest BCUT2D eigenvalue weighted by atomic mass is 32.1. The van der Waals surface area contributed by atoms with Crippen molar-refractivity contribution < 1.29 is 0 Å². The Balaban J connectivity index is 2.34. The number of H-pyrrole nitrogens is 2. The molecule has 2 aromatic rings. The van der Waals surface area contributed by atoms with Gasteiger partial charge in [0.05, 0.1) is 41.3 Å². The van der Waals surface area contributed by atoms with Gasteiger partial charge in [-0.15, -0.1) is 0 Å². The van der Waals surface area contributed by atoms with Crippen molar-refractivity contribution in [2.75, 3.05) is 0 Å². The van der Waals surface area contributed by atoms with Crippen LogP contribution in [-0.2, 0) is 0 Å². The predicted molar refractivity (Wildman–Crippen MR) is 48.0 cm³/mol. The highest BCUT2D eigenvalue weighted by Gasteiger charge is 2.05. The van der Waals surface area contributed by atoms with Gasteiger partial charge < -0.3 is 9.97 Å². The first-order chi connectivity index (χ1) is 5.88. The summed E-state index contributed by atoms with van der Waals surface area (Å²) in [5, 5.41) is 0. The van der Waals surface area contributed by atoms with E-state index in [4.69, 9.17) is 12.2 Å². The van der Waals surface area contributed by atoms with Gasteiger partial charge in [-0.05, 0) is 0 Å². The number of rotatable bonds is 2. The molecule has 0 fully saturated rings. The van der Waals surface area contributed by atoms with Gasteiger partial charge in [-0.1, -0.05) is 12.2 Å². The van der Waals surface area contributed by atoms with Gasteiger partial charge in [-0.3, -0.25) is 0 Å². The lowest BCUT2D eigenvalue weighted by Gasteiger charge is -1.94. The fraction of sp³-hybridized carbons (Fsp3) is 0. The van der Waals surface area contributed by atoms with Crippen molar-refractivity contribution in [1.82, 2.24) is 19.9 Å². The van der Waals surface area contributed by atoms with Gasteiger partial charge in [0.15, 0.2) is 0 Å². The van der Waals surface area contributed by atoms with Crippen molar-refractivity contribution in [3.05, 3.63) is 36.4 Å². The first-order valence-electron chi connectivity index (χ1n) is 3.39. The van der Waals surface area contributed by atoms with Crippen molar-refractivity contribution >= 4 is 17.1 Å². The molecule has 2 heterocycles. The average molecular weight is 178 g/mol. The van der Waals surface area contributed by atoms with E-state index in [0.29, 0.717) is 4.86 Å². The number of imidazole rings is 2. The Bertz CT molecular complexity index is 326. The largest absolute Gasteiger partial charge is 0.344 e. The van der Waals surface area contributed by atoms with Crippen LogP contribution in [0.3, 0.4) is 0 Å². The Morgan fingerprint density at radius 3 is 1.92 bits per heavy atom. The Kier molecular flexibility index (Phi) is 1.71. The molecule has 0 radical (unpaired) electrons. The monoisotopic (exact) mass is 178 g/mol. The zero-order valence-corrected chi connectivity index (χ0v) is 6.93. The molecule has 0 unspecified atom stereocenters. The van der Waals surface area contributed by atoms with Crippen LogP contribution in [0.5, 0.6) is 0 Å². The van der Waals surface area contributed by atoms with Gasteiger partial charge in [0.2, 0.25) is 0 Å². The second kappa shape index (κ2) is 2.86. The van der Waals surface area contributed by atoms with Crippen molar-refractivity contribution in [3.63, 3.8) is 0 Å². The van der Waals surface area contributed by atoms with Gasteiger partial charge in [0, 0.05) is 0 Å². The van der Waals surface area contributed by atoms with E-state index >= 15 is 0 Å². The number of nitrogens with zero attached hydrogens (tertiary/aromatic N) is 2. The third-order valence-corrected chi connectivity index (χ3v) is 1.93. The standard InChI is InChI=1S/C7H6N4S/c12-7(5-1-8-3-10-5)6-2-9-4-11-6/h1-4H,(H,8,10)(H,9,11). The quantitative estimate of drug-likeness (QED) is 0.530. The lowest BCUT2D eigenvalue weighted by Crippen LogP contribution is -1.99. The molecule has 0 bridgehead atoms. The van der Waals surface area contributed by atoms with Crippen LogP contribution < -0.4 is 0 Å². The fourth-order valence-electron chi connectivity index (χ4n) is 0.905. The molecule has 0 aliphatic rings. The summed E-state index contributed by atoms with van der Waals surface area (Å²) in [6, 6.07) is 0. The van der Waals surface area contributed by atoms with Gasteiger partial charge in [0.25, 0.3) is 0 Å². The smallest absolute Gasteiger partial charge is 0.0924 e. The summed E-state index contributed by atoms with van der Waals surface area (Å²) >= 11 is 5.15. The molecule has 0 amide bonds. The highest BCUT2D eigenvalue weighted by molar-refractivity contribution is 7.81. The van der Waals surface area contributed by atoms with E-state index in [1.54, 1.807) is 25.0 Å². The van der Waals surface area contributed by atoms with Crippen molar-refractivity contribution in [2.45, 2.75) is 0 Å². The van der Waals surface area contributed by atoms with Crippen LogP contribution in [0.4, 0.5) is 0 Å². The number of thiocarbonyl (C=S) groups is 1. The van der Waals surface area contributed by atoms with Crippen LogP contribution in [0.15, 0.2) is 25.0 Å². The summed E-state index contributed by atoms with van der Waals surface area (Å²) in [5.41, 5.74) is 1.66. The molecule has 0 aliphatic heterocycles. The van der Waals surface area contributed by atoms with Gasteiger partial charge in [0.1, 0.15) is 0 Å². The lowest BCUT2D eigenvalue weighted by molar-refractivity contribution is 1.29. The second-order valence-electron chi connectivity index (χ2n) is 2.26. The van der Waals surface area contributed by atoms with Crippen molar-refractivity contribution in [3.8, 4) is 0 Å². The van der Waals surface area contributed by atoms with E-state index in [9.17, 15) is 0 Å². The van der Waals surface area contributed by atoms with Crippen molar-refractivity contribution in [1.29, 1.82) is 0 Å². The van der Waals surface area contributed by atoms with Gasteiger partial charge in [-0.25, -0.2) is 9.97 Å². The van der Waals surface area contributed by atoms with E-state index < -0.39 is 0 Å². The maximum atomic E-state index is 5.15. The molecule has 4 nitrogen and oxygen atoms in total. The molecule has 0 aromatic carbocycles. The van der Waals surface area contributed by atoms with Gasteiger partial charge >= 0.3 is 0 Å². The Hall–Kier alpha value is -1.49. The summed E-state index contributed by atoms with van der Waals surface area (Å²) in [5.74, 6) is 0. The Morgan fingerprint density at radius 2 is 1.58 bits per heavy atom. The van der Waals surface area contributed by atoms with Gasteiger partial charge in [-0.2, -0.15) is 0 Å². The molecule has 12 heavy (non-hydrogen) atoms. The summed E-state index contributed by atoms with van der Waals surface area (Å²) in [7, 11) is 0. The summed E-state index contributed by atoms with van der Waals surface area (Å²) in [4.78, 5) is 14.3. The molecule has 5 heteroatoms. The van der Waals surface area contributed by atoms with E-state index in [2.05, 4.69) is 19.9 Å². The van der Waals surface area contributed by atoms with Crippen LogP contribution in [0.1, 0.15) is 11.4 Å². The summed E-state index contributed by atoms with van der Waals surface area (Å²) < 4.78 is 0. The molecular formula is C7H6N4S. The normalized spacial score (nSPS) is 10.0. The zero-order chi connectivity index (χ0) is 8.39. The SMILES string of the molecule is S=C(c1cnc[nH]1)c1cnc[nH]1.